The van der Waals surface area contributed by atoms with Crippen molar-refractivity contribution < 1.29 is 9.90 Å². The molecule has 2 heterocycles. The van der Waals surface area contributed by atoms with E-state index >= 15 is 0 Å². The Hall–Kier alpha value is -1.33. The van der Waals surface area contributed by atoms with Gasteiger partial charge in [0.15, 0.2) is 0 Å². The van der Waals surface area contributed by atoms with Crippen molar-refractivity contribution in [1.82, 2.24) is 9.78 Å². The summed E-state index contributed by atoms with van der Waals surface area (Å²) < 4.78 is 2.32. The summed E-state index contributed by atoms with van der Waals surface area (Å²) in [6.45, 7) is 2.82. The van der Waals surface area contributed by atoms with Crippen molar-refractivity contribution in [3.8, 4) is 11.3 Å². The molecule has 0 radical (unpaired) electrons. The number of thiophene rings is 1. The van der Waals surface area contributed by atoms with Crippen molar-refractivity contribution >= 4 is 28.9 Å². The molecule has 0 spiro atoms. The van der Waals surface area contributed by atoms with E-state index in [-0.39, 0.29) is 5.56 Å². The van der Waals surface area contributed by atoms with Gasteiger partial charge in [-0.1, -0.05) is 24.9 Å². The lowest BCUT2D eigenvalue weighted by Crippen LogP contribution is -1.98. The zero-order valence-electron chi connectivity index (χ0n) is 9.89. The number of carboxylic acids is 1. The van der Waals surface area contributed by atoms with Gasteiger partial charge in [0.1, 0.15) is 11.3 Å². The number of nitrogens with zero attached hydrogens (tertiary/aromatic N) is 2. The maximum atomic E-state index is 11.2. The summed E-state index contributed by atoms with van der Waals surface area (Å²) in [6.07, 6.45) is 3.60. The van der Waals surface area contributed by atoms with Crippen LogP contribution in [0.2, 0.25) is 4.34 Å². The molecule has 0 amide bonds. The van der Waals surface area contributed by atoms with Crippen LogP contribution in [0.1, 0.15) is 30.1 Å². The lowest BCUT2D eigenvalue weighted by Gasteiger charge is -1.97. The molecule has 0 unspecified atom stereocenters. The van der Waals surface area contributed by atoms with E-state index in [0.717, 1.165) is 24.9 Å². The van der Waals surface area contributed by atoms with Crippen molar-refractivity contribution in [2.24, 2.45) is 0 Å². The van der Waals surface area contributed by atoms with Crippen LogP contribution in [0, 0.1) is 0 Å². The van der Waals surface area contributed by atoms with Crippen molar-refractivity contribution in [1.29, 1.82) is 0 Å². The van der Waals surface area contributed by atoms with Gasteiger partial charge >= 0.3 is 5.97 Å². The molecule has 96 valence electrons. The van der Waals surface area contributed by atoms with Crippen LogP contribution in [0.3, 0.4) is 0 Å². The fourth-order valence-corrected chi connectivity index (χ4v) is 2.53. The van der Waals surface area contributed by atoms with Crippen molar-refractivity contribution in [2.75, 3.05) is 0 Å². The van der Waals surface area contributed by atoms with Gasteiger partial charge in [0.25, 0.3) is 0 Å². The first-order valence-corrected chi connectivity index (χ1v) is 6.92. The SMILES string of the molecule is CCCCn1cc(C(=O)O)c(-c2csc(Cl)c2)n1. The molecule has 0 saturated carbocycles. The average molecular weight is 285 g/mol. The zero-order chi connectivity index (χ0) is 13.1. The predicted molar refractivity (Wildman–Crippen MR) is 72.4 cm³/mol. The molecule has 2 aromatic heterocycles. The number of aromatic nitrogens is 2. The lowest BCUT2D eigenvalue weighted by molar-refractivity contribution is 0.0697. The van der Waals surface area contributed by atoms with Crippen LogP contribution in [-0.4, -0.2) is 20.9 Å². The number of halogens is 1. The standard InChI is InChI=1S/C12H13ClN2O2S/c1-2-3-4-15-6-9(12(16)17)11(14-15)8-5-10(13)18-7-8/h5-7H,2-4H2,1H3,(H,16,17). The molecule has 4 nitrogen and oxygen atoms in total. The molecule has 18 heavy (non-hydrogen) atoms. The average Bonchev–Trinajstić information content (AvgIpc) is 2.92. The van der Waals surface area contributed by atoms with E-state index in [2.05, 4.69) is 12.0 Å². The number of aryl methyl sites for hydroxylation is 1. The minimum atomic E-state index is -0.963. The summed E-state index contributed by atoms with van der Waals surface area (Å²) in [7, 11) is 0. The predicted octanol–water partition coefficient (Wildman–Crippen LogP) is 3.76. The van der Waals surface area contributed by atoms with Crippen LogP contribution in [-0.2, 0) is 6.54 Å². The van der Waals surface area contributed by atoms with Gasteiger partial charge in [-0.2, -0.15) is 5.10 Å². The second-order valence-corrected chi connectivity index (χ2v) is 5.50. The summed E-state index contributed by atoms with van der Waals surface area (Å²) in [5.74, 6) is -0.963. The molecule has 0 aliphatic rings. The molecule has 0 aromatic carbocycles. The van der Waals surface area contributed by atoms with E-state index in [1.54, 1.807) is 16.9 Å². The van der Waals surface area contributed by atoms with Gasteiger partial charge in [-0.3, -0.25) is 4.68 Å². The quantitative estimate of drug-likeness (QED) is 0.909. The van der Waals surface area contributed by atoms with E-state index in [0.29, 0.717) is 10.0 Å². The summed E-state index contributed by atoms with van der Waals surface area (Å²) in [6, 6.07) is 1.74. The Balaban J connectivity index is 2.38. The molecule has 2 aromatic rings. The van der Waals surface area contributed by atoms with Crippen molar-refractivity contribution in [2.45, 2.75) is 26.3 Å². The maximum absolute atomic E-state index is 11.2. The molecule has 2 rings (SSSR count). The Labute approximate surface area is 114 Å². The highest BCUT2D eigenvalue weighted by atomic mass is 35.5. The smallest absolute Gasteiger partial charge is 0.339 e. The van der Waals surface area contributed by atoms with Crippen molar-refractivity contribution in [3.05, 3.63) is 27.5 Å². The van der Waals surface area contributed by atoms with Gasteiger partial charge in [-0.25, -0.2) is 4.79 Å². The maximum Gasteiger partial charge on any atom is 0.339 e. The van der Waals surface area contributed by atoms with E-state index in [1.165, 1.54) is 11.3 Å². The van der Waals surface area contributed by atoms with Gasteiger partial charge < -0.3 is 5.11 Å². The first kappa shape index (κ1) is 13.1. The molecule has 6 heteroatoms. The number of unbranched alkanes of at least 4 members (excludes halogenated alkanes) is 1. The summed E-state index contributed by atoms with van der Waals surface area (Å²) in [5.41, 5.74) is 1.47. The van der Waals surface area contributed by atoms with Crippen molar-refractivity contribution in [3.63, 3.8) is 0 Å². The van der Waals surface area contributed by atoms with E-state index in [9.17, 15) is 9.90 Å². The Bertz CT molecular complexity index is 562. The highest BCUT2D eigenvalue weighted by Crippen LogP contribution is 2.30. The minimum absolute atomic E-state index is 0.223. The highest BCUT2D eigenvalue weighted by Gasteiger charge is 2.17. The third-order valence-corrected chi connectivity index (χ3v) is 3.66. The molecular formula is C12H13ClN2O2S. The number of rotatable bonds is 5. The van der Waals surface area contributed by atoms with E-state index < -0.39 is 5.97 Å². The first-order chi connectivity index (χ1) is 8.61. The summed E-state index contributed by atoms with van der Waals surface area (Å²) >= 11 is 7.24. The molecule has 1 N–H and O–H groups in total. The van der Waals surface area contributed by atoms with Crippen LogP contribution >= 0.6 is 22.9 Å². The van der Waals surface area contributed by atoms with E-state index in [1.807, 2.05) is 5.38 Å². The molecular weight excluding hydrogens is 272 g/mol. The summed E-state index contributed by atoms with van der Waals surface area (Å²) in [4.78, 5) is 11.2. The number of carbonyl (C=O) groups is 1. The zero-order valence-corrected chi connectivity index (χ0v) is 11.5. The molecule has 0 atom stereocenters. The Morgan fingerprint density at radius 2 is 2.39 bits per heavy atom. The minimum Gasteiger partial charge on any atom is -0.478 e. The van der Waals surface area contributed by atoms with Gasteiger partial charge in [0, 0.05) is 23.7 Å². The van der Waals surface area contributed by atoms with Gasteiger partial charge in [0.05, 0.1) is 4.34 Å². The first-order valence-electron chi connectivity index (χ1n) is 5.67. The van der Waals surface area contributed by atoms with Crippen LogP contribution < -0.4 is 0 Å². The Morgan fingerprint density at radius 1 is 1.61 bits per heavy atom. The lowest BCUT2D eigenvalue weighted by atomic mass is 10.1. The second-order valence-electron chi connectivity index (χ2n) is 3.95. The normalized spacial score (nSPS) is 10.8. The topological polar surface area (TPSA) is 55.1 Å². The van der Waals surface area contributed by atoms with Gasteiger partial charge in [-0.15, -0.1) is 11.3 Å². The van der Waals surface area contributed by atoms with Gasteiger partial charge in [0.2, 0.25) is 0 Å². The third kappa shape index (κ3) is 2.73. The number of hydrogen-bond donors (Lipinski definition) is 1. The summed E-state index contributed by atoms with van der Waals surface area (Å²) in [5, 5.41) is 15.3. The monoisotopic (exact) mass is 284 g/mol. The van der Waals surface area contributed by atoms with Crippen LogP contribution in [0.4, 0.5) is 0 Å². The Kier molecular flexibility index (Phi) is 4.04. The van der Waals surface area contributed by atoms with Gasteiger partial charge in [-0.05, 0) is 12.5 Å². The molecule has 0 saturated heterocycles. The second kappa shape index (κ2) is 5.54. The van der Waals surface area contributed by atoms with E-state index in [4.69, 9.17) is 11.6 Å². The van der Waals surface area contributed by atoms with Crippen LogP contribution in [0.5, 0.6) is 0 Å². The number of carboxylic acid groups (broad SMARTS) is 1. The van der Waals surface area contributed by atoms with Crippen LogP contribution in [0.15, 0.2) is 17.6 Å². The fraction of sp³-hybridized carbons (Fsp3) is 0.333. The molecule has 0 bridgehead atoms. The third-order valence-electron chi connectivity index (χ3n) is 2.57. The number of aromatic carboxylic acids is 1. The molecule has 0 fully saturated rings. The number of hydrogen-bond acceptors (Lipinski definition) is 3. The fourth-order valence-electron chi connectivity index (χ4n) is 1.66. The molecule has 0 aliphatic heterocycles. The highest BCUT2D eigenvalue weighted by molar-refractivity contribution is 7.14. The Morgan fingerprint density at radius 3 is 2.94 bits per heavy atom. The molecule has 0 aliphatic carbocycles. The van der Waals surface area contributed by atoms with Crippen LogP contribution in [0.25, 0.3) is 11.3 Å². The largest absolute Gasteiger partial charge is 0.478 e.